The summed E-state index contributed by atoms with van der Waals surface area (Å²) in [5.74, 6) is 0. The maximum absolute atomic E-state index is 7.52. The lowest BCUT2D eigenvalue weighted by molar-refractivity contribution is 0.737. The Bertz CT molecular complexity index is 155. The molecule has 0 N–H and O–H groups in total. The van der Waals surface area contributed by atoms with E-state index < -0.39 is 13.4 Å². The lowest BCUT2D eigenvalue weighted by Crippen LogP contribution is -2.13. The Kier molecular flexibility index (Phi) is 4.84. The van der Waals surface area contributed by atoms with Gasteiger partial charge in [0.15, 0.2) is 3.79 Å². The van der Waals surface area contributed by atoms with Crippen molar-refractivity contribution >= 4 is 73.9 Å². The normalized spacial score (nSPS) is 26.4. The average Bonchev–Trinajstić information content (AvgIpc) is 1.43. The maximum atomic E-state index is 7.52. The second-order valence-corrected chi connectivity index (χ2v) is 6.75. The fraction of sp³-hybridized carbons (Fsp3) is 1.00. The lowest BCUT2D eigenvalue weighted by Gasteiger charge is -2.15. The predicted octanol–water partition coefficient (Wildman–Crippen LogP) is 4.70. The third kappa shape index (κ3) is 9.85. The van der Waals surface area contributed by atoms with Crippen molar-refractivity contribution < 1.29 is 2.74 Å². The Labute approximate surface area is 102 Å². The molecule has 0 heterocycles. The van der Waals surface area contributed by atoms with Gasteiger partial charge in [0.1, 0.15) is 0 Å². The molecule has 0 aliphatic carbocycles. The van der Waals surface area contributed by atoms with Gasteiger partial charge in [-0.3, -0.25) is 0 Å². The Morgan fingerprint density at radius 1 is 1.36 bits per heavy atom. The van der Waals surface area contributed by atoms with Gasteiger partial charge in [-0.25, -0.2) is 0 Å². The van der Waals surface area contributed by atoms with Gasteiger partial charge in [0, 0.05) is 13.1 Å². The van der Waals surface area contributed by atoms with Crippen LogP contribution < -0.4 is 0 Å². The highest BCUT2D eigenvalue weighted by atomic mass is 79.9. The van der Waals surface area contributed by atoms with Gasteiger partial charge in [0.2, 0.25) is 0 Å². The Morgan fingerprint density at radius 2 is 1.82 bits per heavy atom. The van der Waals surface area contributed by atoms with E-state index in [0.29, 0.717) is 0 Å². The van der Waals surface area contributed by atoms with Gasteiger partial charge >= 0.3 is 0 Å². The van der Waals surface area contributed by atoms with Crippen LogP contribution in [0.5, 0.6) is 0 Å². The molecule has 0 aromatic carbocycles. The van der Waals surface area contributed by atoms with Crippen LogP contribution in [-0.2, 0) is 0 Å². The molecule has 11 heavy (non-hydrogen) atoms. The van der Waals surface area contributed by atoms with Gasteiger partial charge < -0.3 is 0 Å². The van der Waals surface area contributed by atoms with E-state index in [1.807, 2.05) is 0 Å². The van der Waals surface area contributed by atoms with E-state index in [2.05, 4.69) is 15.9 Å². The molecular formula is C5H6BrCl5. The first-order valence-electron chi connectivity index (χ1n) is 3.55. The van der Waals surface area contributed by atoms with E-state index in [9.17, 15) is 0 Å². The molecule has 0 radical (unpaired) electrons. The van der Waals surface area contributed by atoms with E-state index in [1.165, 1.54) is 0 Å². The summed E-state index contributed by atoms with van der Waals surface area (Å²) in [5.41, 5.74) is 0. The van der Waals surface area contributed by atoms with E-state index >= 15 is 0 Å². The van der Waals surface area contributed by atoms with Gasteiger partial charge in [-0.2, -0.15) is 0 Å². The summed E-state index contributed by atoms with van der Waals surface area (Å²) in [6, 6.07) is 0. The summed E-state index contributed by atoms with van der Waals surface area (Å²) < 4.78 is 11.6. The molecule has 2 atom stereocenters. The van der Waals surface area contributed by atoms with Gasteiger partial charge in [0.05, 0.1) is 5.63 Å². The molecule has 0 aromatic rings. The standard InChI is InChI=1S/C5H6BrCl5/c6-4(8)1-3(7)2-5(9,10)11/h3-4H,1-2H2/i3D,4D. The number of hydrogen-bond donors (Lipinski definition) is 0. The van der Waals surface area contributed by atoms with Crippen LogP contribution in [0.2, 0.25) is 0 Å². The van der Waals surface area contributed by atoms with Crippen molar-refractivity contribution in [3.8, 4) is 0 Å². The quantitative estimate of drug-likeness (QED) is 0.660. The molecule has 0 aromatic heterocycles. The zero-order chi connectivity index (χ0) is 10.9. The summed E-state index contributed by atoms with van der Waals surface area (Å²) in [6.45, 7) is 0. The SMILES string of the molecule is [2H]C(Cl)(Br)CC([2H])(Cl)CC(Cl)(Cl)Cl. The highest BCUT2D eigenvalue weighted by molar-refractivity contribution is 9.10. The van der Waals surface area contributed by atoms with Crippen LogP contribution in [0, 0.1) is 0 Å². The van der Waals surface area contributed by atoms with Gasteiger partial charge in [0.25, 0.3) is 0 Å². The summed E-state index contributed by atoms with van der Waals surface area (Å²) in [5, 5.41) is -1.57. The first-order valence-corrected chi connectivity index (χ1v) is 5.23. The Morgan fingerprint density at radius 3 is 2.09 bits per heavy atom. The van der Waals surface area contributed by atoms with Crippen molar-refractivity contribution in [2.24, 2.45) is 0 Å². The van der Waals surface area contributed by atoms with Gasteiger partial charge in [-0.15, -0.1) is 23.2 Å². The molecule has 0 fully saturated rings. The van der Waals surface area contributed by atoms with Crippen LogP contribution in [-0.4, -0.2) is 13.4 Å². The third-order valence-corrected chi connectivity index (χ3v) is 1.80. The molecule has 0 spiro atoms. The molecule has 68 valence electrons. The second-order valence-electron chi connectivity index (χ2n) is 1.82. The Hall–Kier alpha value is 1.93. The first-order chi connectivity index (χ1) is 5.41. The smallest absolute Gasteiger partial charge is 0.123 e. The van der Waals surface area contributed by atoms with Crippen LogP contribution in [0.25, 0.3) is 0 Å². The lowest BCUT2D eigenvalue weighted by atomic mass is 10.3. The van der Waals surface area contributed by atoms with Crippen LogP contribution in [0.3, 0.4) is 0 Å². The number of alkyl halides is 6. The van der Waals surface area contributed by atoms with Crippen LogP contribution in [0.4, 0.5) is 0 Å². The highest BCUT2D eigenvalue weighted by Gasteiger charge is 2.25. The van der Waals surface area contributed by atoms with Crippen molar-refractivity contribution in [2.75, 3.05) is 0 Å². The second kappa shape index (κ2) is 5.62. The molecule has 0 bridgehead atoms. The topological polar surface area (TPSA) is 0 Å². The summed E-state index contributed by atoms with van der Waals surface area (Å²) >= 11 is 30.4. The number of rotatable bonds is 3. The minimum absolute atomic E-state index is 0.170. The predicted molar refractivity (Wildman–Crippen MR) is 57.7 cm³/mol. The van der Waals surface area contributed by atoms with E-state index in [4.69, 9.17) is 60.7 Å². The van der Waals surface area contributed by atoms with Crippen molar-refractivity contribution in [1.29, 1.82) is 0 Å². The molecular weight excluding hydrogens is 317 g/mol. The first kappa shape index (κ1) is 9.48. The molecule has 0 saturated heterocycles. The van der Waals surface area contributed by atoms with Gasteiger partial charge in [-0.05, 0) is 6.42 Å². The molecule has 6 heteroatoms. The van der Waals surface area contributed by atoms with Crippen LogP contribution in [0.1, 0.15) is 15.6 Å². The van der Waals surface area contributed by atoms with Crippen molar-refractivity contribution in [3.63, 3.8) is 0 Å². The minimum atomic E-state index is -1.61. The zero-order valence-electron chi connectivity index (χ0n) is 7.18. The van der Waals surface area contributed by atoms with Crippen molar-refractivity contribution in [1.82, 2.24) is 0 Å². The largest absolute Gasteiger partial charge is 0.192 e. The van der Waals surface area contributed by atoms with Gasteiger partial charge in [-0.1, -0.05) is 50.7 Å². The van der Waals surface area contributed by atoms with Crippen molar-refractivity contribution in [2.45, 2.75) is 26.2 Å². The monoisotopic (exact) mass is 322 g/mol. The highest BCUT2D eigenvalue weighted by Crippen LogP contribution is 2.34. The summed E-state index contributed by atoms with van der Waals surface area (Å²) in [7, 11) is 0. The van der Waals surface area contributed by atoms with E-state index in [1.54, 1.807) is 0 Å². The maximum Gasteiger partial charge on any atom is 0.192 e. The molecule has 0 aliphatic rings. The average molecular weight is 325 g/mol. The summed E-state index contributed by atoms with van der Waals surface area (Å²) in [4.78, 5) is 0. The molecule has 2 unspecified atom stereocenters. The number of hydrogen-bond acceptors (Lipinski definition) is 0. The fourth-order valence-electron chi connectivity index (χ4n) is 0.425. The molecule has 0 rings (SSSR count). The number of halogens is 6. The van der Waals surface area contributed by atoms with Crippen LogP contribution >= 0.6 is 73.9 Å². The molecule has 0 nitrogen and oxygen atoms in total. The summed E-state index contributed by atoms with van der Waals surface area (Å²) in [6.07, 6.45) is -0.373. The van der Waals surface area contributed by atoms with E-state index in [-0.39, 0.29) is 12.8 Å². The minimum Gasteiger partial charge on any atom is -0.123 e. The molecule has 0 aliphatic heterocycles. The Balaban J connectivity index is 4.25. The van der Waals surface area contributed by atoms with E-state index in [0.717, 1.165) is 0 Å². The zero-order valence-corrected chi connectivity index (χ0v) is 10.5. The fourth-order valence-corrected chi connectivity index (χ4v) is 2.18. The third-order valence-electron chi connectivity index (χ3n) is 0.718. The molecule has 0 amide bonds. The van der Waals surface area contributed by atoms with Crippen LogP contribution in [0.15, 0.2) is 0 Å². The van der Waals surface area contributed by atoms with Crippen molar-refractivity contribution in [3.05, 3.63) is 0 Å². The molecule has 0 saturated carbocycles.